The summed E-state index contributed by atoms with van der Waals surface area (Å²) in [5.74, 6) is -0.739. The lowest BCUT2D eigenvalue weighted by Crippen LogP contribution is -2.64. The average Bonchev–Trinajstić information content (AvgIpc) is 2.63. The summed E-state index contributed by atoms with van der Waals surface area (Å²) < 4.78 is 48.3. The molecule has 0 aromatic heterocycles. The van der Waals surface area contributed by atoms with Gasteiger partial charge in [-0.3, -0.25) is 4.79 Å². The van der Waals surface area contributed by atoms with Crippen LogP contribution >= 0.6 is 0 Å². The predicted octanol–water partition coefficient (Wildman–Crippen LogP) is 0.289. The Balaban J connectivity index is 2.07. The van der Waals surface area contributed by atoms with Gasteiger partial charge < -0.3 is 30.1 Å². The number of hydrogen-bond acceptors (Lipinski definition) is 6. The molecule has 7 nitrogen and oxygen atoms in total. The van der Waals surface area contributed by atoms with Crippen molar-refractivity contribution >= 4 is 12.0 Å². The fourth-order valence-electron chi connectivity index (χ4n) is 2.64. The van der Waals surface area contributed by atoms with Crippen LogP contribution in [0.15, 0.2) is 30.3 Å². The second-order valence-corrected chi connectivity index (χ2v) is 5.93. The van der Waals surface area contributed by atoms with E-state index in [4.69, 9.17) is 14.6 Å². The highest BCUT2D eigenvalue weighted by molar-refractivity contribution is 5.92. The third kappa shape index (κ3) is 5.27. The second kappa shape index (κ2) is 8.81. The molecule has 0 saturated carbocycles. The van der Waals surface area contributed by atoms with Crippen LogP contribution in [0.2, 0.25) is 0 Å². The Kier molecular flexibility index (Phi) is 6.95. The van der Waals surface area contributed by atoms with E-state index in [0.717, 1.165) is 18.2 Å². The van der Waals surface area contributed by atoms with Crippen molar-refractivity contribution in [2.24, 2.45) is 0 Å². The van der Waals surface area contributed by atoms with E-state index in [1.165, 1.54) is 25.3 Å². The molecule has 1 aliphatic rings. The van der Waals surface area contributed by atoms with Crippen LogP contribution in [0, 0.1) is 0 Å². The number of nitrogens with one attached hydrogen (secondary N) is 1. The summed E-state index contributed by atoms with van der Waals surface area (Å²) in [5, 5.41) is 31.5. The van der Waals surface area contributed by atoms with Gasteiger partial charge in [0.05, 0.1) is 12.2 Å². The van der Waals surface area contributed by atoms with Crippen LogP contribution in [-0.2, 0) is 20.4 Å². The van der Waals surface area contributed by atoms with Crippen LogP contribution in [0.4, 0.5) is 13.2 Å². The van der Waals surface area contributed by atoms with Gasteiger partial charge in [0.2, 0.25) is 5.91 Å². The number of methoxy groups -OCH3 is 1. The third-order valence-corrected chi connectivity index (χ3v) is 4.06. The molecule has 5 atom stereocenters. The lowest BCUT2D eigenvalue weighted by Gasteiger charge is -2.41. The minimum Gasteiger partial charge on any atom is -0.394 e. The number of hydrogen-bond donors (Lipinski definition) is 4. The van der Waals surface area contributed by atoms with E-state index in [9.17, 15) is 28.2 Å². The molecule has 0 radical (unpaired) electrons. The lowest BCUT2D eigenvalue weighted by atomic mass is 9.97. The fraction of sp³-hybridized carbons (Fsp3) is 0.471. The molecule has 0 spiro atoms. The first-order chi connectivity index (χ1) is 12.7. The van der Waals surface area contributed by atoms with Gasteiger partial charge in [0.25, 0.3) is 0 Å². The molecule has 4 N–H and O–H groups in total. The van der Waals surface area contributed by atoms with Crippen LogP contribution in [0.3, 0.4) is 0 Å². The third-order valence-electron chi connectivity index (χ3n) is 4.06. The summed E-state index contributed by atoms with van der Waals surface area (Å²) in [6.07, 6.45) is -7.49. The van der Waals surface area contributed by atoms with Crippen molar-refractivity contribution in [3.63, 3.8) is 0 Å². The molecule has 1 fully saturated rings. The van der Waals surface area contributed by atoms with Crippen LogP contribution in [0.25, 0.3) is 6.08 Å². The molecule has 1 heterocycles. The standard InChI is InChI=1S/C17H20F3NO6/c1-26-16-13(15(25)14(24)11(8-22)27-16)21-12(23)6-5-9-3-2-4-10(7-9)17(18,19)20/h2-7,11,13-16,22,24-25H,8H2,1H3,(H,21,23)/b6-5+/t11-,13-,14-,15-,16-/m1/s1. The Morgan fingerprint density at radius 3 is 2.63 bits per heavy atom. The zero-order valence-electron chi connectivity index (χ0n) is 14.3. The summed E-state index contributed by atoms with van der Waals surface area (Å²) in [7, 11) is 1.25. The maximum atomic E-state index is 12.7. The molecular weight excluding hydrogens is 371 g/mol. The molecule has 0 aliphatic carbocycles. The van der Waals surface area contributed by atoms with E-state index >= 15 is 0 Å². The number of benzene rings is 1. The van der Waals surface area contributed by atoms with Crippen molar-refractivity contribution in [3.05, 3.63) is 41.5 Å². The highest BCUT2D eigenvalue weighted by Crippen LogP contribution is 2.29. The van der Waals surface area contributed by atoms with Gasteiger partial charge in [-0.25, -0.2) is 0 Å². The Labute approximate surface area is 153 Å². The summed E-state index contributed by atoms with van der Waals surface area (Å²) in [5.41, 5.74) is -0.692. The highest BCUT2D eigenvalue weighted by Gasteiger charge is 2.45. The minimum atomic E-state index is -4.50. The number of ether oxygens (including phenoxy) is 2. The molecule has 10 heteroatoms. The van der Waals surface area contributed by atoms with Crippen molar-refractivity contribution in [1.29, 1.82) is 0 Å². The van der Waals surface area contributed by atoms with E-state index in [1.807, 2.05) is 0 Å². The smallest absolute Gasteiger partial charge is 0.394 e. The number of carbonyl (C=O) groups excluding carboxylic acids is 1. The van der Waals surface area contributed by atoms with Gasteiger partial charge in [-0.1, -0.05) is 12.1 Å². The van der Waals surface area contributed by atoms with E-state index in [0.29, 0.717) is 0 Å². The van der Waals surface area contributed by atoms with Crippen LogP contribution < -0.4 is 5.32 Å². The first kappa shape index (κ1) is 21.3. The zero-order chi connectivity index (χ0) is 20.2. The topological polar surface area (TPSA) is 108 Å². The molecule has 27 heavy (non-hydrogen) atoms. The van der Waals surface area contributed by atoms with Crippen molar-refractivity contribution in [2.75, 3.05) is 13.7 Å². The summed E-state index contributed by atoms with van der Waals surface area (Å²) >= 11 is 0. The molecule has 1 aromatic rings. The van der Waals surface area contributed by atoms with Gasteiger partial charge in [-0.15, -0.1) is 0 Å². The molecule has 0 bridgehead atoms. The summed E-state index contributed by atoms with van der Waals surface area (Å²) in [4.78, 5) is 12.1. The molecule has 2 rings (SSSR count). The normalized spacial score (nSPS) is 29.1. The van der Waals surface area contributed by atoms with Gasteiger partial charge in [0.1, 0.15) is 24.4 Å². The quantitative estimate of drug-likeness (QED) is 0.538. The van der Waals surface area contributed by atoms with E-state index < -0.39 is 54.9 Å². The van der Waals surface area contributed by atoms with Crippen molar-refractivity contribution in [1.82, 2.24) is 5.32 Å². The molecule has 1 amide bonds. The first-order valence-corrected chi connectivity index (χ1v) is 7.98. The Morgan fingerprint density at radius 1 is 1.33 bits per heavy atom. The maximum Gasteiger partial charge on any atom is 0.416 e. The van der Waals surface area contributed by atoms with Crippen LogP contribution in [0.5, 0.6) is 0 Å². The van der Waals surface area contributed by atoms with Gasteiger partial charge in [-0.2, -0.15) is 13.2 Å². The Bertz CT molecular complexity index is 679. The number of amides is 1. The second-order valence-electron chi connectivity index (χ2n) is 5.93. The zero-order valence-corrected chi connectivity index (χ0v) is 14.3. The average molecular weight is 391 g/mol. The Morgan fingerprint density at radius 2 is 2.04 bits per heavy atom. The van der Waals surface area contributed by atoms with Crippen LogP contribution in [-0.4, -0.2) is 65.6 Å². The predicted molar refractivity (Wildman–Crippen MR) is 87.2 cm³/mol. The molecule has 1 aromatic carbocycles. The number of aliphatic hydroxyl groups excluding tert-OH is 3. The first-order valence-electron chi connectivity index (χ1n) is 7.98. The maximum absolute atomic E-state index is 12.7. The number of carbonyl (C=O) groups is 1. The molecule has 0 unspecified atom stereocenters. The largest absolute Gasteiger partial charge is 0.416 e. The van der Waals surface area contributed by atoms with Crippen molar-refractivity contribution < 1.29 is 42.8 Å². The molecule has 1 saturated heterocycles. The van der Waals surface area contributed by atoms with E-state index in [1.54, 1.807) is 0 Å². The van der Waals surface area contributed by atoms with Crippen LogP contribution in [0.1, 0.15) is 11.1 Å². The number of aliphatic hydroxyl groups is 3. The van der Waals surface area contributed by atoms with E-state index in [2.05, 4.69) is 5.32 Å². The fourth-order valence-corrected chi connectivity index (χ4v) is 2.64. The van der Waals surface area contributed by atoms with Gasteiger partial charge in [0.15, 0.2) is 6.29 Å². The molecule has 150 valence electrons. The Hall–Kier alpha value is -1.98. The molecule has 1 aliphatic heterocycles. The van der Waals surface area contributed by atoms with Gasteiger partial charge >= 0.3 is 6.18 Å². The SMILES string of the molecule is CO[C@@H]1O[C@H](CO)[C@@H](O)[C@H](O)[C@H]1NC(=O)/C=C/c1cccc(C(F)(F)F)c1. The van der Waals surface area contributed by atoms with Gasteiger partial charge in [0, 0.05) is 13.2 Å². The molecular formula is C17H20F3NO6. The summed E-state index contributed by atoms with van der Waals surface area (Å²) in [6, 6.07) is 3.26. The monoisotopic (exact) mass is 391 g/mol. The van der Waals surface area contributed by atoms with Crippen molar-refractivity contribution in [2.45, 2.75) is 36.8 Å². The highest BCUT2D eigenvalue weighted by atomic mass is 19.4. The number of alkyl halides is 3. The number of rotatable bonds is 5. The van der Waals surface area contributed by atoms with Gasteiger partial charge in [-0.05, 0) is 23.8 Å². The number of halogens is 3. The van der Waals surface area contributed by atoms with E-state index in [-0.39, 0.29) is 5.56 Å². The lowest BCUT2D eigenvalue weighted by molar-refractivity contribution is -0.262. The summed E-state index contributed by atoms with van der Waals surface area (Å²) in [6.45, 7) is -0.561. The minimum absolute atomic E-state index is 0.157. The van der Waals surface area contributed by atoms with Crippen molar-refractivity contribution in [3.8, 4) is 0 Å².